The number of fused-ring (bicyclic) bond motifs is 11. The van der Waals surface area contributed by atoms with Crippen molar-refractivity contribution in [1.82, 2.24) is 4.57 Å². The fourth-order valence-electron chi connectivity index (χ4n) is 13.7. The summed E-state index contributed by atoms with van der Waals surface area (Å²) in [5.41, 5.74) is 18.3. The molecule has 0 spiro atoms. The number of benzene rings is 7. The smallest absolute Gasteiger partial charge is 0.0544 e. The largest absolute Gasteiger partial charge is 0.310 e. The Morgan fingerprint density at radius 1 is 0.492 bits per heavy atom. The quantitative estimate of drug-likeness (QED) is 0.156. The van der Waals surface area contributed by atoms with E-state index in [-0.39, 0.29) is 5.41 Å². The van der Waals surface area contributed by atoms with Crippen molar-refractivity contribution in [1.29, 1.82) is 0 Å². The van der Waals surface area contributed by atoms with Gasteiger partial charge in [0.05, 0.1) is 11.0 Å². The molecule has 0 N–H and O–H groups in total. The minimum absolute atomic E-state index is 0.234. The SMILES string of the molecule is CC1(C)c2cc(N(c3ccc(C4CC5CCC4C5)cc3)c3ccc(C4CC5CCC4C5)cc3)ccc2-c2ccc3c(c21)c1cc(-c2ccccc2)ccc1n3-c1ccccc1. The summed E-state index contributed by atoms with van der Waals surface area (Å²) < 4.78 is 2.48. The molecule has 300 valence electrons. The van der Waals surface area contributed by atoms with Gasteiger partial charge in [0, 0.05) is 38.9 Å². The molecule has 1 aromatic heterocycles. The van der Waals surface area contributed by atoms with Crippen LogP contribution in [0.5, 0.6) is 0 Å². The molecule has 6 atom stereocenters. The summed E-state index contributed by atoms with van der Waals surface area (Å²) in [4.78, 5) is 2.54. The second-order valence-electron chi connectivity index (χ2n) is 20.1. The van der Waals surface area contributed by atoms with Gasteiger partial charge in [-0.3, -0.25) is 0 Å². The van der Waals surface area contributed by atoms with Gasteiger partial charge in [0.25, 0.3) is 0 Å². The van der Waals surface area contributed by atoms with Gasteiger partial charge in [-0.05, 0) is 185 Å². The number of aromatic nitrogens is 1. The van der Waals surface area contributed by atoms with Crippen LogP contribution in [0.1, 0.15) is 99.3 Å². The average Bonchev–Trinajstić information content (AvgIpc) is 4.19. The molecule has 5 aliphatic rings. The summed E-state index contributed by atoms with van der Waals surface area (Å²) >= 11 is 0. The molecule has 0 radical (unpaired) electrons. The van der Waals surface area contributed by atoms with E-state index in [1.807, 2.05) is 0 Å². The second-order valence-corrected chi connectivity index (χ2v) is 20.1. The van der Waals surface area contributed by atoms with Crippen LogP contribution in [0.25, 0.3) is 49.7 Å². The van der Waals surface area contributed by atoms with Crippen LogP contribution in [0.15, 0.2) is 158 Å². The Hall–Kier alpha value is -5.86. The Bertz CT molecular complexity index is 2900. The van der Waals surface area contributed by atoms with Gasteiger partial charge in [0.15, 0.2) is 0 Å². The molecule has 0 amide bonds. The van der Waals surface area contributed by atoms with Gasteiger partial charge in [-0.2, -0.15) is 0 Å². The summed E-state index contributed by atoms with van der Waals surface area (Å²) in [6.07, 6.45) is 11.4. The zero-order chi connectivity index (χ0) is 40.4. The number of rotatable bonds is 7. The minimum atomic E-state index is -0.234. The normalized spacial score (nSPS) is 24.2. The third kappa shape index (κ3) is 5.53. The molecule has 1 heterocycles. The predicted molar refractivity (Wildman–Crippen MR) is 255 cm³/mol. The lowest BCUT2D eigenvalue weighted by Crippen LogP contribution is -2.17. The van der Waals surface area contributed by atoms with Gasteiger partial charge >= 0.3 is 0 Å². The Morgan fingerprint density at radius 3 is 1.66 bits per heavy atom. The van der Waals surface area contributed by atoms with Crippen molar-refractivity contribution in [2.45, 2.75) is 82.5 Å². The van der Waals surface area contributed by atoms with Crippen molar-refractivity contribution in [3.05, 3.63) is 180 Å². The Labute approximate surface area is 360 Å². The lowest BCUT2D eigenvalue weighted by atomic mass is 9.80. The molecule has 7 aromatic carbocycles. The third-order valence-electron chi connectivity index (χ3n) is 16.5. The fourth-order valence-corrected chi connectivity index (χ4v) is 13.7. The van der Waals surface area contributed by atoms with Gasteiger partial charge < -0.3 is 9.47 Å². The molecule has 4 bridgehead atoms. The Kier molecular flexibility index (Phi) is 7.98. The Balaban J connectivity index is 0.949. The van der Waals surface area contributed by atoms with Crippen LogP contribution in [0.3, 0.4) is 0 Å². The van der Waals surface area contributed by atoms with Gasteiger partial charge in [0.2, 0.25) is 0 Å². The van der Waals surface area contributed by atoms with Gasteiger partial charge in [0.1, 0.15) is 0 Å². The zero-order valence-corrected chi connectivity index (χ0v) is 35.5. The van der Waals surface area contributed by atoms with Crippen LogP contribution in [0.2, 0.25) is 0 Å². The summed E-state index contributed by atoms with van der Waals surface area (Å²) in [5, 5.41) is 2.67. The van der Waals surface area contributed by atoms with Gasteiger partial charge in [-0.1, -0.05) is 118 Å². The first-order chi connectivity index (χ1) is 30.0. The third-order valence-corrected chi connectivity index (χ3v) is 16.5. The van der Waals surface area contributed by atoms with E-state index in [0.717, 1.165) is 35.5 Å². The molecule has 4 saturated carbocycles. The van der Waals surface area contributed by atoms with E-state index >= 15 is 0 Å². The number of hydrogen-bond donors (Lipinski definition) is 0. The molecule has 61 heavy (non-hydrogen) atoms. The summed E-state index contributed by atoms with van der Waals surface area (Å²) in [6.45, 7) is 4.93. The van der Waals surface area contributed by atoms with Crippen molar-refractivity contribution < 1.29 is 0 Å². The molecule has 4 fully saturated rings. The van der Waals surface area contributed by atoms with E-state index in [2.05, 4.69) is 181 Å². The summed E-state index contributed by atoms with van der Waals surface area (Å²) in [7, 11) is 0. The van der Waals surface area contributed by atoms with Crippen LogP contribution in [-0.2, 0) is 5.41 Å². The lowest BCUT2D eigenvalue weighted by molar-refractivity contribution is 0.420. The summed E-state index contributed by atoms with van der Waals surface area (Å²) in [5.74, 6) is 5.11. The van der Waals surface area contributed by atoms with Crippen molar-refractivity contribution in [2.75, 3.05) is 4.90 Å². The first-order valence-corrected chi connectivity index (χ1v) is 23.3. The molecule has 6 unspecified atom stereocenters. The highest BCUT2D eigenvalue weighted by atomic mass is 15.1. The van der Waals surface area contributed by atoms with Crippen LogP contribution in [0.4, 0.5) is 17.1 Å². The van der Waals surface area contributed by atoms with Crippen molar-refractivity contribution in [3.63, 3.8) is 0 Å². The van der Waals surface area contributed by atoms with Crippen molar-refractivity contribution in [3.8, 4) is 27.9 Å². The summed E-state index contributed by atoms with van der Waals surface area (Å²) in [6, 6.07) is 60.5. The first kappa shape index (κ1) is 35.9. The molecular weight excluding hydrogens is 737 g/mol. The zero-order valence-electron chi connectivity index (χ0n) is 35.5. The maximum Gasteiger partial charge on any atom is 0.0544 e. The molecule has 5 aliphatic carbocycles. The standard InChI is InChI=1S/C59H54N2/c1-59(2)54-36-48(60(46-22-17-40(18-23-46)51-33-37-13-15-43(51)31-37)47-24-19-41(20-25-47)52-34-38-14-16-44(52)32-38)26-27-49(54)50-28-30-56-57(58(50)59)53-35-42(39-9-5-3-6-10-39)21-29-55(53)61(56)45-11-7-4-8-12-45/h3-12,17-30,35-38,43-44,51-52H,13-16,31-34H2,1-2H3. The fraction of sp³-hybridized carbons (Fsp3) is 0.288. The van der Waals surface area contributed by atoms with E-state index in [1.54, 1.807) is 11.1 Å². The van der Waals surface area contributed by atoms with E-state index in [4.69, 9.17) is 0 Å². The second kappa shape index (κ2) is 13.6. The monoisotopic (exact) mass is 790 g/mol. The van der Waals surface area contributed by atoms with Crippen molar-refractivity contribution >= 4 is 38.9 Å². The van der Waals surface area contributed by atoms with Crippen molar-refractivity contribution in [2.24, 2.45) is 23.7 Å². The number of anilines is 3. The first-order valence-electron chi connectivity index (χ1n) is 23.3. The minimum Gasteiger partial charge on any atom is -0.310 e. The molecular formula is C59H54N2. The van der Waals surface area contributed by atoms with Crippen LogP contribution in [-0.4, -0.2) is 4.57 Å². The highest BCUT2D eigenvalue weighted by Crippen LogP contribution is 2.57. The van der Waals surface area contributed by atoms with Crippen LogP contribution in [0, 0.1) is 23.7 Å². The maximum atomic E-state index is 2.54. The average molecular weight is 791 g/mol. The molecule has 2 nitrogen and oxygen atoms in total. The topological polar surface area (TPSA) is 8.17 Å². The lowest BCUT2D eigenvalue weighted by Gasteiger charge is -2.29. The molecule has 0 aliphatic heterocycles. The van der Waals surface area contributed by atoms with Crippen LogP contribution >= 0.6 is 0 Å². The number of nitrogens with zero attached hydrogens (tertiary/aromatic N) is 2. The Morgan fingerprint density at radius 2 is 1.07 bits per heavy atom. The van der Waals surface area contributed by atoms with Crippen LogP contribution < -0.4 is 4.90 Å². The van der Waals surface area contributed by atoms with E-state index in [1.165, 1.54) is 129 Å². The highest BCUT2D eigenvalue weighted by molar-refractivity contribution is 6.15. The maximum absolute atomic E-state index is 2.54. The van der Waals surface area contributed by atoms with E-state index < -0.39 is 0 Å². The van der Waals surface area contributed by atoms with Gasteiger partial charge in [-0.15, -0.1) is 0 Å². The molecule has 0 saturated heterocycles. The molecule has 2 heteroatoms. The predicted octanol–water partition coefficient (Wildman–Crippen LogP) is 16.0. The molecule has 8 aromatic rings. The number of para-hydroxylation sites is 1. The molecule has 13 rings (SSSR count). The van der Waals surface area contributed by atoms with E-state index in [0.29, 0.717) is 0 Å². The highest BCUT2D eigenvalue weighted by Gasteiger charge is 2.42. The number of hydrogen-bond acceptors (Lipinski definition) is 1. The van der Waals surface area contributed by atoms with E-state index in [9.17, 15) is 0 Å². The van der Waals surface area contributed by atoms with Gasteiger partial charge in [-0.25, -0.2) is 0 Å².